The molecule has 1 aliphatic rings. The van der Waals surface area contributed by atoms with E-state index in [1.54, 1.807) is 4.90 Å². The second-order valence-electron chi connectivity index (χ2n) is 3.42. The highest BCUT2D eigenvalue weighted by atomic mass is 16.2. The van der Waals surface area contributed by atoms with E-state index >= 15 is 0 Å². The molecule has 74 valence electrons. The first-order valence-electron chi connectivity index (χ1n) is 4.71. The predicted octanol–water partition coefficient (Wildman–Crippen LogP) is 0.915. The van der Waals surface area contributed by atoms with Crippen LogP contribution in [0.3, 0.4) is 0 Å². The van der Waals surface area contributed by atoms with E-state index in [0.717, 1.165) is 24.5 Å². The van der Waals surface area contributed by atoms with Gasteiger partial charge < -0.3 is 10.2 Å². The first-order chi connectivity index (χ1) is 6.75. The number of nitrogens with one attached hydrogen (secondary N) is 1. The Hall–Kier alpha value is -1.58. The fourth-order valence-corrected chi connectivity index (χ4v) is 1.55. The molecule has 0 unspecified atom stereocenters. The Balaban J connectivity index is 2.07. The van der Waals surface area contributed by atoms with Crippen molar-refractivity contribution in [3.05, 3.63) is 29.6 Å². The third kappa shape index (κ3) is 1.84. The highest BCUT2D eigenvalue weighted by Gasteiger charge is 2.19. The summed E-state index contributed by atoms with van der Waals surface area (Å²) in [6.07, 6.45) is 0. The van der Waals surface area contributed by atoms with Crippen molar-refractivity contribution in [1.29, 1.82) is 0 Å². The first-order valence-corrected chi connectivity index (χ1v) is 4.71. The van der Waals surface area contributed by atoms with Crippen LogP contribution in [0.5, 0.6) is 0 Å². The van der Waals surface area contributed by atoms with Gasteiger partial charge in [-0.1, -0.05) is 6.07 Å². The molecule has 0 bridgehead atoms. The van der Waals surface area contributed by atoms with E-state index in [0.29, 0.717) is 6.54 Å². The normalized spacial score (nSPS) is 15.8. The van der Waals surface area contributed by atoms with Crippen molar-refractivity contribution in [2.75, 3.05) is 13.1 Å². The molecular weight excluding hydrogens is 178 g/mol. The zero-order chi connectivity index (χ0) is 9.97. The topological polar surface area (TPSA) is 45.2 Å². The molecule has 1 saturated heterocycles. The van der Waals surface area contributed by atoms with Gasteiger partial charge in [-0.2, -0.15) is 0 Å². The van der Waals surface area contributed by atoms with Gasteiger partial charge in [-0.15, -0.1) is 0 Å². The Labute approximate surface area is 82.9 Å². The number of aromatic nitrogens is 1. The summed E-state index contributed by atoms with van der Waals surface area (Å²) >= 11 is 0. The van der Waals surface area contributed by atoms with Gasteiger partial charge in [-0.3, -0.25) is 4.98 Å². The molecule has 1 aromatic heterocycles. The van der Waals surface area contributed by atoms with E-state index in [4.69, 9.17) is 0 Å². The van der Waals surface area contributed by atoms with Crippen molar-refractivity contribution in [3.8, 4) is 0 Å². The summed E-state index contributed by atoms with van der Waals surface area (Å²) in [7, 11) is 0. The number of aryl methyl sites for hydroxylation is 1. The Morgan fingerprint density at radius 2 is 2.43 bits per heavy atom. The second kappa shape index (κ2) is 3.65. The molecule has 1 aromatic rings. The molecule has 2 amide bonds. The summed E-state index contributed by atoms with van der Waals surface area (Å²) in [5.41, 5.74) is 1.93. The lowest BCUT2D eigenvalue weighted by molar-refractivity contribution is 0.215. The van der Waals surface area contributed by atoms with Crippen LogP contribution >= 0.6 is 0 Å². The third-order valence-corrected chi connectivity index (χ3v) is 2.24. The maximum absolute atomic E-state index is 11.3. The number of pyridine rings is 1. The number of amides is 2. The molecule has 14 heavy (non-hydrogen) atoms. The molecule has 0 spiro atoms. The third-order valence-electron chi connectivity index (χ3n) is 2.24. The molecule has 0 aromatic carbocycles. The maximum Gasteiger partial charge on any atom is 0.317 e. The minimum Gasteiger partial charge on any atom is -0.336 e. The molecule has 1 fully saturated rings. The molecule has 0 atom stereocenters. The largest absolute Gasteiger partial charge is 0.336 e. The van der Waals surface area contributed by atoms with Crippen LogP contribution in [0.2, 0.25) is 0 Å². The summed E-state index contributed by atoms with van der Waals surface area (Å²) in [5, 5.41) is 2.76. The highest BCUT2D eigenvalue weighted by molar-refractivity contribution is 5.76. The molecule has 0 radical (unpaired) electrons. The highest BCUT2D eigenvalue weighted by Crippen LogP contribution is 2.05. The maximum atomic E-state index is 11.3. The molecule has 4 nitrogen and oxygen atoms in total. The van der Waals surface area contributed by atoms with E-state index < -0.39 is 0 Å². The van der Waals surface area contributed by atoms with Crippen LogP contribution in [0.4, 0.5) is 4.79 Å². The molecule has 2 heterocycles. The summed E-state index contributed by atoms with van der Waals surface area (Å²) in [4.78, 5) is 17.4. The molecule has 0 aliphatic carbocycles. The number of urea groups is 1. The van der Waals surface area contributed by atoms with Gasteiger partial charge in [0.25, 0.3) is 0 Å². The van der Waals surface area contributed by atoms with Crippen LogP contribution in [-0.4, -0.2) is 29.0 Å². The van der Waals surface area contributed by atoms with Crippen molar-refractivity contribution >= 4 is 6.03 Å². The van der Waals surface area contributed by atoms with Crippen LogP contribution in [0.25, 0.3) is 0 Å². The van der Waals surface area contributed by atoms with Gasteiger partial charge in [-0.25, -0.2) is 4.79 Å². The zero-order valence-electron chi connectivity index (χ0n) is 8.16. The Morgan fingerprint density at radius 1 is 1.57 bits per heavy atom. The quantitative estimate of drug-likeness (QED) is 0.755. The molecule has 2 rings (SSSR count). The molecule has 1 N–H and O–H groups in total. The standard InChI is InChI=1S/C10H13N3O/c1-8-3-2-4-9(12-8)7-13-6-5-11-10(13)14/h2-4H,5-7H2,1H3,(H,11,14). The van der Waals surface area contributed by atoms with Crippen molar-refractivity contribution in [3.63, 3.8) is 0 Å². The first kappa shape index (κ1) is 8.99. The molecule has 1 aliphatic heterocycles. The fourth-order valence-electron chi connectivity index (χ4n) is 1.55. The predicted molar refractivity (Wildman–Crippen MR) is 52.8 cm³/mol. The van der Waals surface area contributed by atoms with E-state index in [2.05, 4.69) is 10.3 Å². The van der Waals surface area contributed by atoms with E-state index in [9.17, 15) is 4.79 Å². The van der Waals surface area contributed by atoms with Gasteiger partial charge in [0.1, 0.15) is 0 Å². The number of rotatable bonds is 2. The van der Waals surface area contributed by atoms with E-state index in [1.807, 2.05) is 25.1 Å². The lowest BCUT2D eigenvalue weighted by Gasteiger charge is -2.13. The zero-order valence-corrected chi connectivity index (χ0v) is 8.16. The second-order valence-corrected chi connectivity index (χ2v) is 3.42. The average Bonchev–Trinajstić information content (AvgIpc) is 2.52. The Morgan fingerprint density at radius 3 is 3.07 bits per heavy atom. The SMILES string of the molecule is Cc1cccc(CN2CCNC2=O)n1. The fraction of sp³-hybridized carbons (Fsp3) is 0.400. The van der Waals surface area contributed by atoms with Gasteiger partial charge in [0, 0.05) is 18.8 Å². The van der Waals surface area contributed by atoms with Gasteiger partial charge in [-0.05, 0) is 19.1 Å². The smallest absolute Gasteiger partial charge is 0.317 e. The van der Waals surface area contributed by atoms with Gasteiger partial charge in [0.2, 0.25) is 0 Å². The number of carbonyl (C=O) groups is 1. The Bertz CT molecular complexity index is 351. The van der Waals surface area contributed by atoms with Crippen molar-refractivity contribution in [2.24, 2.45) is 0 Å². The Kier molecular flexibility index (Phi) is 2.35. The van der Waals surface area contributed by atoms with E-state index in [-0.39, 0.29) is 6.03 Å². The number of hydrogen-bond acceptors (Lipinski definition) is 2. The summed E-state index contributed by atoms with van der Waals surface area (Å²) in [5.74, 6) is 0. The molecule has 0 saturated carbocycles. The minimum atomic E-state index is 0.00769. The van der Waals surface area contributed by atoms with Crippen LogP contribution in [0, 0.1) is 6.92 Å². The van der Waals surface area contributed by atoms with Gasteiger partial charge in [0.05, 0.1) is 12.2 Å². The van der Waals surface area contributed by atoms with Gasteiger partial charge in [0.15, 0.2) is 0 Å². The monoisotopic (exact) mass is 191 g/mol. The summed E-state index contributed by atoms with van der Waals surface area (Å²) in [6, 6.07) is 5.87. The number of hydrogen-bond donors (Lipinski definition) is 1. The minimum absolute atomic E-state index is 0.00769. The lowest BCUT2D eigenvalue weighted by Crippen LogP contribution is -2.27. The number of nitrogens with zero attached hydrogens (tertiary/aromatic N) is 2. The molecule has 4 heteroatoms. The summed E-state index contributed by atoms with van der Waals surface area (Å²) in [6.45, 7) is 4.07. The van der Waals surface area contributed by atoms with Crippen LogP contribution < -0.4 is 5.32 Å². The van der Waals surface area contributed by atoms with Crippen LogP contribution in [0.1, 0.15) is 11.4 Å². The van der Waals surface area contributed by atoms with E-state index in [1.165, 1.54) is 0 Å². The number of carbonyl (C=O) groups excluding carboxylic acids is 1. The molecular formula is C10H13N3O. The van der Waals surface area contributed by atoms with Crippen molar-refractivity contribution in [1.82, 2.24) is 15.2 Å². The van der Waals surface area contributed by atoms with Crippen LogP contribution in [-0.2, 0) is 6.54 Å². The lowest BCUT2D eigenvalue weighted by atomic mass is 10.3. The van der Waals surface area contributed by atoms with Gasteiger partial charge >= 0.3 is 6.03 Å². The average molecular weight is 191 g/mol. The van der Waals surface area contributed by atoms with Crippen LogP contribution in [0.15, 0.2) is 18.2 Å². The van der Waals surface area contributed by atoms with Crippen molar-refractivity contribution in [2.45, 2.75) is 13.5 Å². The summed E-state index contributed by atoms with van der Waals surface area (Å²) < 4.78 is 0. The van der Waals surface area contributed by atoms with Crippen molar-refractivity contribution < 1.29 is 4.79 Å².